The third-order valence-electron chi connectivity index (χ3n) is 4.23. The summed E-state index contributed by atoms with van der Waals surface area (Å²) in [7, 11) is 1.91. The minimum Gasteiger partial charge on any atom is -0.352 e. The molecule has 22 heavy (non-hydrogen) atoms. The van der Waals surface area contributed by atoms with Gasteiger partial charge in [0.05, 0.1) is 12.6 Å². The summed E-state index contributed by atoms with van der Waals surface area (Å²) in [5.41, 5.74) is 0. The highest BCUT2D eigenvalue weighted by atomic mass is 16.5. The Balaban J connectivity index is 1.83. The fraction of sp³-hybridized carbons (Fsp3) is 0.812. The van der Waals surface area contributed by atoms with Gasteiger partial charge in [-0.15, -0.1) is 0 Å². The van der Waals surface area contributed by atoms with Gasteiger partial charge in [0, 0.05) is 12.5 Å². The quantitative estimate of drug-likeness (QED) is 0.835. The van der Waals surface area contributed by atoms with Crippen LogP contribution in [0.4, 0.5) is 0 Å². The van der Waals surface area contributed by atoms with Crippen molar-refractivity contribution < 1.29 is 9.32 Å². The third kappa shape index (κ3) is 4.80. The Morgan fingerprint density at radius 1 is 1.36 bits per heavy atom. The molecule has 1 amide bonds. The van der Waals surface area contributed by atoms with Crippen molar-refractivity contribution in [3.63, 3.8) is 0 Å². The van der Waals surface area contributed by atoms with Crippen LogP contribution in [0.15, 0.2) is 4.52 Å². The van der Waals surface area contributed by atoms with Crippen molar-refractivity contribution in [3.05, 3.63) is 11.7 Å². The summed E-state index contributed by atoms with van der Waals surface area (Å²) in [6.45, 7) is 6.66. The van der Waals surface area contributed by atoms with Gasteiger partial charge in [0.15, 0.2) is 5.82 Å². The molecule has 0 aliphatic heterocycles. The first-order chi connectivity index (χ1) is 10.5. The normalized spacial score (nSPS) is 17.4. The average Bonchev–Trinajstić information content (AvgIpc) is 3.09. The lowest BCUT2D eigenvalue weighted by atomic mass is 10.1. The molecule has 1 aliphatic carbocycles. The maximum atomic E-state index is 12.3. The van der Waals surface area contributed by atoms with Crippen LogP contribution in [0.5, 0.6) is 0 Å². The summed E-state index contributed by atoms with van der Waals surface area (Å²) in [6, 6.07) is 0.152. The molecule has 0 spiro atoms. The maximum absolute atomic E-state index is 12.3. The van der Waals surface area contributed by atoms with Crippen molar-refractivity contribution >= 4 is 5.91 Å². The van der Waals surface area contributed by atoms with Crippen molar-refractivity contribution in [1.82, 2.24) is 20.4 Å². The van der Waals surface area contributed by atoms with E-state index in [1.165, 1.54) is 12.8 Å². The molecule has 1 heterocycles. The van der Waals surface area contributed by atoms with Crippen LogP contribution in [-0.4, -0.2) is 40.1 Å². The van der Waals surface area contributed by atoms with E-state index in [2.05, 4.69) is 29.3 Å². The first-order valence-electron chi connectivity index (χ1n) is 8.27. The number of carbonyl (C=O) groups excluding carboxylic acids is 1. The number of rotatable bonds is 7. The number of nitrogens with zero attached hydrogens (tertiary/aromatic N) is 3. The van der Waals surface area contributed by atoms with E-state index in [9.17, 15) is 4.79 Å². The molecule has 0 aromatic carbocycles. The highest BCUT2D eigenvalue weighted by Crippen LogP contribution is 2.18. The SMILES string of the molecule is CC(C)Cc1nc(CN(C)[C@@H](C)C(=O)NC2CCCC2)no1. The Kier molecular flexibility index (Phi) is 5.94. The number of nitrogens with one attached hydrogen (secondary N) is 1. The van der Waals surface area contributed by atoms with E-state index in [-0.39, 0.29) is 11.9 Å². The molecular formula is C16H28N4O2. The van der Waals surface area contributed by atoms with Gasteiger partial charge in [-0.05, 0) is 32.7 Å². The molecule has 6 nitrogen and oxygen atoms in total. The molecule has 6 heteroatoms. The molecule has 1 atom stereocenters. The Morgan fingerprint density at radius 3 is 2.68 bits per heavy atom. The summed E-state index contributed by atoms with van der Waals surface area (Å²) in [5, 5.41) is 7.13. The molecule has 0 unspecified atom stereocenters. The molecule has 0 saturated heterocycles. The minimum atomic E-state index is -0.201. The highest BCUT2D eigenvalue weighted by Gasteiger charge is 2.24. The lowest BCUT2D eigenvalue weighted by Crippen LogP contribution is -2.46. The van der Waals surface area contributed by atoms with E-state index >= 15 is 0 Å². The number of hydrogen-bond acceptors (Lipinski definition) is 5. The first kappa shape index (κ1) is 16.9. The molecule has 0 radical (unpaired) electrons. The molecule has 1 aromatic rings. The maximum Gasteiger partial charge on any atom is 0.237 e. The lowest BCUT2D eigenvalue weighted by Gasteiger charge is -2.24. The molecular weight excluding hydrogens is 280 g/mol. The van der Waals surface area contributed by atoms with Gasteiger partial charge in [0.25, 0.3) is 0 Å². The predicted octanol–water partition coefficient (Wildman–Crippen LogP) is 2.15. The topological polar surface area (TPSA) is 71.3 Å². The molecule has 2 rings (SSSR count). The third-order valence-corrected chi connectivity index (χ3v) is 4.23. The van der Waals surface area contributed by atoms with E-state index in [4.69, 9.17) is 4.52 Å². The highest BCUT2D eigenvalue weighted by molar-refractivity contribution is 5.81. The van der Waals surface area contributed by atoms with Crippen LogP contribution >= 0.6 is 0 Å². The average molecular weight is 308 g/mol. The molecule has 1 saturated carbocycles. The van der Waals surface area contributed by atoms with Crippen molar-refractivity contribution in [2.75, 3.05) is 7.05 Å². The van der Waals surface area contributed by atoms with Crippen molar-refractivity contribution in [1.29, 1.82) is 0 Å². The second-order valence-electron chi connectivity index (χ2n) is 6.78. The number of hydrogen-bond donors (Lipinski definition) is 1. The van der Waals surface area contributed by atoms with E-state index in [0.717, 1.165) is 19.3 Å². The molecule has 1 N–H and O–H groups in total. The Hall–Kier alpha value is -1.43. The van der Waals surface area contributed by atoms with Gasteiger partial charge in [-0.3, -0.25) is 9.69 Å². The van der Waals surface area contributed by atoms with Gasteiger partial charge in [-0.1, -0.05) is 31.8 Å². The van der Waals surface area contributed by atoms with Gasteiger partial charge in [-0.25, -0.2) is 0 Å². The molecule has 124 valence electrons. The van der Waals surface area contributed by atoms with Crippen LogP contribution in [0.3, 0.4) is 0 Å². The molecule has 0 bridgehead atoms. The number of amides is 1. The predicted molar refractivity (Wildman–Crippen MR) is 84.2 cm³/mol. The first-order valence-corrected chi connectivity index (χ1v) is 8.27. The van der Waals surface area contributed by atoms with Gasteiger partial charge >= 0.3 is 0 Å². The van der Waals surface area contributed by atoms with Gasteiger partial charge in [0.1, 0.15) is 0 Å². The second-order valence-corrected chi connectivity index (χ2v) is 6.78. The Labute approximate surface area is 132 Å². The van der Waals surface area contributed by atoms with E-state index in [1.807, 2.05) is 18.9 Å². The van der Waals surface area contributed by atoms with Crippen LogP contribution < -0.4 is 5.32 Å². The van der Waals surface area contributed by atoms with Crippen LogP contribution in [0.25, 0.3) is 0 Å². The zero-order valence-electron chi connectivity index (χ0n) is 14.1. The smallest absolute Gasteiger partial charge is 0.237 e. The number of likely N-dealkylation sites (N-methyl/N-ethyl adjacent to an activating group) is 1. The summed E-state index contributed by atoms with van der Waals surface area (Å²) in [6.07, 6.45) is 5.43. The summed E-state index contributed by atoms with van der Waals surface area (Å²) < 4.78 is 5.24. The van der Waals surface area contributed by atoms with Crippen molar-refractivity contribution in [2.24, 2.45) is 5.92 Å². The van der Waals surface area contributed by atoms with Gasteiger partial charge in [-0.2, -0.15) is 4.98 Å². The van der Waals surface area contributed by atoms with Crippen LogP contribution in [0, 0.1) is 5.92 Å². The summed E-state index contributed by atoms with van der Waals surface area (Å²) >= 11 is 0. The summed E-state index contributed by atoms with van der Waals surface area (Å²) in [4.78, 5) is 18.6. The fourth-order valence-electron chi connectivity index (χ4n) is 2.74. The van der Waals surface area contributed by atoms with E-state index in [1.54, 1.807) is 0 Å². The van der Waals surface area contributed by atoms with Crippen molar-refractivity contribution in [2.45, 2.75) is 71.5 Å². The zero-order valence-corrected chi connectivity index (χ0v) is 14.1. The number of carbonyl (C=O) groups is 1. The fourth-order valence-corrected chi connectivity index (χ4v) is 2.74. The summed E-state index contributed by atoms with van der Waals surface area (Å²) in [5.74, 6) is 1.88. The lowest BCUT2D eigenvalue weighted by molar-refractivity contribution is -0.126. The largest absolute Gasteiger partial charge is 0.352 e. The molecule has 1 aromatic heterocycles. The van der Waals surface area contributed by atoms with E-state index in [0.29, 0.717) is 30.2 Å². The van der Waals surface area contributed by atoms with Crippen LogP contribution in [0.1, 0.15) is 58.2 Å². The van der Waals surface area contributed by atoms with Gasteiger partial charge < -0.3 is 9.84 Å². The standard InChI is InChI=1S/C16H28N4O2/c1-11(2)9-15-18-14(19-22-15)10-20(4)12(3)16(21)17-13-7-5-6-8-13/h11-13H,5-10H2,1-4H3,(H,17,21)/t12-/m0/s1. The monoisotopic (exact) mass is 308 g/mol. The zero-order chi connectivity index (χ0) is 16.1. The molecule has 1 fully saturated rings. The second kappa shape index (κ2) is 7.72. The van der Waals surface area contributed by atoms with Crippen LogP contribution in [0.2, 0.25) is 0 Å². The Morgan fingerprint density at radius 2 is 2.05 bits per heavy atom. The van der Waals surface area contributed by atoms with Crippen LogP contribution in [-0.2, 0) is 17.8 Å². The van der Waals surface area contributed by atoms with Crippen molar-refractivity contribution in [3.8, 4) is 0 Å². The van der Waals surface area contributed by atoms with E-state index < -0.39 is 0 Å². The Bertz CT molecular complexity index is 480. The van der Waals surface area contributed by atoms with Gasteiger partial charge in [0.2, 0.25) is 11.8 Å². The molecule has 1 aliphatic rings. The number of aromatic nitrogens is 2. The minimum absolute atomic E-state index is 0.0836.